The van der Waals surface area contributed by atoms with Crippen molar-refractivity contribution in [2.45, 2.75) is 25.3 Å². The molecule has 1 saturated carbocycles. The van der Waals surface area contributed by atoms with Crippen LogP contribution in [0.15, 0.2) is 24.3 Å². The second-order valence-electron chi connectivity index (χ2n) is 5.59. The number of hydrogen-bond donors (Lipinski definition) is 1. The van der Waals surface area contributed by atoms with Gasteiger partial charge in [0.25, 0.3) is 0 Å². The van der Waals surface area contributed by atoms with Gasteiger partial charge in [0.1, 0.15) is 5.82 Å². The zero-order chi connectivity index (χ0) is 15.6. The molecule has 0 atom stereocenters. The third-order valence-corrected chi connectivity index (χ3v) is 3.79. The van der Waals surface area contributed by atoms with Crippen molar-refractivity contribution in [3.63, 3.8) is 0 Å². The van der Waals surface area contributed by atoms with Crippen LogP contribution in [0.1, 0.15) is 18.4 Å². The van der Waals surface area contributed by atoms with Crippen LogP contribution in [0.3, 0.4) is 0 Å². The van der Waals surface area contributed by atoms with Crippen molar-refractivity contribution in [3.05, 3.63) is 35.6 Å². The molecule has 4 nitrogen and oxygen atoms in total. The molecule has 1 N–H and O–H groups in total. The fourth-order valence-corrected chi connectivity index (χ4v) is 2.41. The van der Waals surface area contributed by atoms with Crippen molar-refractivity contribution in [1.82, 2.24) is 4.90 Å². The summed E-state index contributed by atoms with van der Waals surface area (Å²) in [4.78, 5) is 2.46. The predicted octanol–water partition coefficient (Wildman–Crippen LogP) is 1.86. The molecule has 0 amide bonds. The average Bonchev–Trinajstić information content (AvgIpc) is 3.36. The molecule has 1 aromatic carbocycles. The first-order chi connectivity index (χ1) is 10.8. The van der Waals surface area contributed by atoms with E-state index in [9.17, 15) is 4.39 Å². The molecule has 1 aromatic rings. The largest absolute Gasteiger partial charge is 0.394 e. The second-order valence-corrected chi connectivity index (χ2v) is 5.59. The fourth-order valence-electron chi connectivity index (χ4n) is 2.41. The molecule has 22 heavy (non-hydrogen) atoms. The maximum absolute atomic E-state index is 12.9. The Labute approximate surface area is 131 Å². The summed E-state index contributed by atoms with van der Waals surface area (Å²) in [5.41, 5.74) is 1.17. The van der Waals surface area contributed by atoms with Gasteiger partial charge in [-0.25, -0.2) is 4.39 Å². The fraction of sp³-hybridized carbons (Fsp3) is 0.647. The minimum absolute atomic E-state index is 0.0544. The zero-order valence-corrected chi connectivity index (χ0v) is 13.0. The van der Waals surface area contributed by atoms with Gasteiger partial charge in [0.05, 0.1) is 33.0 Å². The van der Waals surface area contributed by atoms with E-state index in [0.29, 0.717) is 32.5 Å². The van der Waals surface area contributed by atoms with Gasteiger partial charge in [-0.1, -0.05) is 12.1 Å². The summed E-state index contributed by atoms with van der Waals surface area (Å²) in [6.45, 7) is 4.12. The average molecular weight is 311 g/mol. The lowest BCUT2D eigenvalue weighted by Gasteiger charge is -2.22. The summed E-state index contributed by atoms with van der Waals surface area (Å²) in [6, 6.07) is 7.44. The van der Waals surface area contributed by atoms with Crippen LogP contribution < -0.4 is 0 Å². The van der Waals surface area contributed by atoms with Crippen LogP contribution in [0.5, 0.6) is 0 Å². The SMILES string of the molecule is OCCOCCOCCN(CCc1ccc(F)cc1)C1CC1. The molecule has 0 unspecified atom stereocenters. The van der Waals surface area contributed by atoms with Crippen LogP contribution in [-0.2, 0) is 15.9 Å². The first-order valence-electron chi connectivity index (χ1n) is 8.04. The zero-order valence-electron chi connectivity index (χ0n) is 13.0. The number of nitrogens with zero attached hydrogens (tertiary/aromatic N) is 1. The van der Waals surface area contributed by atoms with Gasteiger partial charge in [-0.2, -0.15) is 0 Å². The Morgan fingerprint density at radius 1 is 1.00 bits per heavy atom. The van der Waals surface area contributed by atoms with Crippen LogP contribution in [0.25, 0.3) is 0 Å². The van der Waals surface area contributed by atoms with Gasteiger partial charge in [0.2, 0.25) is 0 Å². The molecule has 124 valence electrons. The normalized spacial score (nSPS) is 14.7. The Balaban J connectivity index is 1.60. The van der Waals surface area contributed by atoms with E-state index in [1.165, 1.54) is 30.5 Å². The van der Waals surface area contributed by atoms with E-state index in [-0.39, 0.29) is 12.4 Å². The molecule has 0 saturated heterocycles. The summed E-state index contributed by atoms with van der Waals surface area (Å²) in [6.07, 6.45) is 3.47. The van der Waals surface area contributed by atoms with Gasteiger partial charge < -0.3 is 14.6 Å². The minimum atomic E-state index is -0.181. The van der Waals surface area contributed by atoms with Crippen molar-refractivity contribution in [3.8, 4) is 0 Å². The molecule has 1 aliphatic rings. The summed E-state index contributed by atoms with van der Waals surface area (Å²) in [5.74, 6) is -0.181. The highest BCUT2D eigenvalue weighted by Gasteiger charge is 2.28. The Kier molecular flexibility index (Phi) is 7.80. The molecule has 0 radical (unpaired) electrons. The first kappa shape index (κ1) is 17.3. The van der Waals surface area contributed by atoms with Crippen LogP contribution in [-0.4, -0.2) is 62.2 Å². The Morgan fingerprint density at radius 2 is 1.68 bits per heavy atom. The molecule has 1 fully saturated rings. The molecule has 0 bridgehead atoms. The molecular formula is C17H26FNO3. The summed E-state index contributed by atoms with van der Waals surface area (Å²) in [5, 5.41) is 8.58. The molecule has 0 aliphatic heterocycles. The van der Waals surface area contributed by atoms with E-state index < -0.39 is 0 Å². The Hall–Kier alpha value is -1.01. The van der Waals surface area contributed by atoms with Gasteiger partial charge in [0.15, 0.2) is 0 Å². The topological polar surface area (TPSA) is 41.9 Å². The first-order valence-corrected chi connectivity index (χ1v) is 8.04. The number of rotatable bonds is 12. The van der Waals surface area contributed by atoms with Crippen LogP contribution >= 0.6 is 0 Å². The highest BCUT2D eigenvalue weighted by atomic mass is 19.1. The van der Waals surface area contributed by atoms with Gasteiger partial charge in [-0.15, -0.1) is 0 Å². The van der Waals surface area contributed by atoms with E-state index in [2.05, 4.69) is 4.90 Å². The summed E-state index contributed by atoms with van der Waals surface area (Å²) in [7, 11) is 0. The smallest absolute Gasteiger partial charge is 0.123 e. The van der Waals surface area contributed by atoms with Crippen molar-refractivity contribution >= 4 is 0 Å². The quantitative estimate of drug-likeness (QED) is 0.598. The van der Waals surface area contributed by atoms with E-state index in [1.807, 2.05) is 12.1 Å². The van der Waals surface area contributed by atoms with Crippen molar-refractivity contribution in [1.29, 1.82) is 0 Å². The van der Waals surface area contributed by atoms with Crippen molar-refractivity contribution in [2.24, 2.45) is 0 Å². The van der Waals surface area contributed by atoms with Gasteiger partial charge in [-0.3, -0.25) is 4.90 Å². The lowest BCUT2D eigenvalue weighted by molar-refractivity contribution is 0.0259. The second kappa shape index (κ2) is 9.90. The van der Waals surface area contributed by atoms with Crippen LogP contribution in [0.4, 0.5) is 4.39 Å². The lowest BCUT2D eigenvalue weighted by Crippen LogP contribution is -2.32. The minimum Gasteiger partial charge on any atom is -0.394 e. The van der Waals surface area contributed by atoms with Crippen LogP contribution in [0, 0.1) is 5.82 Å². The van der Waals surface area contributed by atoms with E-state index in [0.717, 1.165) is 19.5 Å². The molecule has 0 aromatic heterocycles. The number of hydrogen-bond acceptors (Lipinski definition) is 4. The Bertz CT molecular complexity index is 409. The van der Waals surface area contributed by atoms with Gasteiger partial charge in [0, 0.05) is 19.1 Å². The maximum atomic E-state index is 12.9. The third kappa shape index (κ3) is 6.83. The standard InChI is InChI=1S/C17H26FNO3/c18-16-3-1-15(2-4-16)7-8-19(17-5-6-17)9-11-21-13-14-22-12-10-20/h1-4,17,20H,5-14H2. The highest BCUT2D eigenvalue weighted by molar-refractivity contribution is 5.16. The lowest BCUT2D eigenvalue weighted by atomic mass is 10.1. The van der Waals surface area contributed by atoms with Gasteiger partial charge >= 0.3 is 0 Å². The molecule has 2 rings (SSSR count). The Morgan fingerprint density at radius 3 is 2.32 bits per heavy atom. The number of benzene rings is 1. The van der Waals surface area contributed by atoms with E-state index in [1.54, 1.807) is 0 Å². The number of halogens is 1. The van der Waals surface area contributed by atoms with Crippen molar-refractivity contribution < 1.29 is 19.0 Å². The molecular weight excluding hydrogens is 285 g/mol. The van der Waals surface area contributed by atoms with Crippen LogP contribution in [0.2, 0.25) is 0 Å². The molecule has 1 aliphatic carbocycles. The summed E-state index contributed by atoms with van der Waals surface area (Å²) < 4.78 is 23.6. The monoisotopic (exact) mass is 311 g/mol. The summed E-state index contributed by atoms with van der Waals surface area (Å²) >= 11 is 0. The molecule has 0 heterocycles. The predicted molar refractivity (Wildman–Crippen MR) is 83.4 cm³/mol. The number of aliphatic hydroxyl groups is 1. The van der Waals surface area contributed by atoms with Gasteiger partial charge in [-0.05, 0) is 37.0 Å². The number of ether oxygens (including phenoxy) is 2. The maximum Gasteiger partial charge on any atom is 0.123 e. The highest BCUT2D eigenvalue weighted by Crippen LogP contribution is 2.26. The van der Waals surface area contributed by atoms with E-state index in [4.69, 9.17) is 14.6 Å². The number of aliphatic hydroxyl groups excluding tert-OH is 1. The van der Waals surface area contributed by atoms with Crippen molar-refractivity contribution in [2.75, 3.05) is 46.1 Å². The van der Waals surface area contributed by atoms with E-state index >= 15 is 0 Å². The third-order valence-electron chi connectivity index (χ3n) is 3.79. The molecule has 5 heteroatoms. The molecule has 0 spiro atoms.